The first-order valence-electron chi connectivity index (χ1n) is 9.99. The molecule has 0 spiro atoms. The zero-order valence-electron chi connectivity index (χ0n) is 17.6. The Kier molecular flexibility index (Phi) is 7.72. The van der Waals surface area contributed by atoms with Crippen molar-refractivity contribution in [3.8, 4) is 5.75 Å². The lowest BCUT2D eigenvalue weighted by molar-refractivity contribution is -0.151. The molecule has 0 aromatic heterocycles. The largest absolute Gasteiger partial charge is 0.497 e. The van der Waals surface area contributed by atoms with Crippen LogP contribution in [0.4, 0.5) is 4.79 Å². The van der Waals surface area contributed by atoms with E-state index in [4.69, 9.17) is 14.2 Å². The molecule has 6 nitrogen and oxygen atoms in total. The molecule has 1 aromatic carbocycles. The molecule has 1 aromatic rings. The summed E-state index contributed by atoms with van der Waals surface area (Å²) in [4.78, 5) is 24.5. The topological polar surface area (TPSA) is 73.9 Å². The highest BCUT2D eigenvalue weighted by atomic mass is 16.6. The first kappa shape index (κ1) is 22.1. The quantitative estimate of drug-likeness (QED) is 0.777. The van der Waals surface area contributed by atoms with Crippen molar-refractivity contribution >= 4 is 12.1 Å². The van der Waals surface area contributed by atoms with Gasteiger partial charge in [0.15, 0.2) is 0 Å². The second kappa shape index (κ2) is 9.80. The lowest BCUT2D eigenvalue weighted by Crippen LogP contribution is -2.44. The van der Waals surface area contributed by atoms with Gasteiger partial charge in [-0.25, -0.2) is 9.59 Å². The van der Waals surface area contributed by atoms with Gasteiger partial charge in [0, 0.05) is 0 Å². The summed E-state index contributed by atoms with van der Waals surface area (Å²) in [6, 6.07) is 7.42. The molecule has 1 N–H and O–H groups in total. The van der Waals surface area contributed by atoms with Crippen LogP contribution in [0.2, 0.25) is 0 Å². The maximum Gasteiger partial charge on any atom is 0.408 e. The minimum absolute atomic E-state index is 0.197. The first-order valence-corrected chi connectivity index (χ1v) is 9.99. The van der Waals surface area contributed by atoms with Crippen molar-refractivity contribution in [2.45, 2.75) is 77.5 Å². The van der Waals surface area contributed by atoms with Gasteiger partial charge in [0.05, 0.1) is 13.2 Å². The Hall–Kier alpha value is -2.24. The number of ether oxygens (including phenoxy) is 3. The van der Waals surface area contributed by atoms with E-state index in [-0.39, 0.29) is 12.1 Å². The fourth-order valence-corrected chi connectivity index (χ4v) is 3.51. The van der Waals surface area contributed by atoms with Crippen LogP contribution >= 0.6 is 0 Å². The first-order chi connectivity index (χ1) is 13.2. The van der Waals surface area contributed by atoms with Crippen molar-refractivity contribution < 1.29 is 23.8 Å². The standard InChI is InChI=1S/C22H33NO5/c1-15-13-17(14-16-9-11-18(26-5)12-10-16)7-6-8-19(20(24)27-15)23-21(25)28-22(2,3)4/h9-12,15,17,19H,6-8,13-14H2,1-5H3,(H,23,25)/t15?,17?,19-/m0/s1. The van der Waals surface area contributed by atoms with Gasteiger partial charge in [-0.1, -0.05) is 18.6 Å². The molecule has 1 amide bonds. The average molecular weight is 392 g/mol. The van der Waals surface area contributed by atoms with E-state index in [0.717, 1.165) is 31.4 Å². The minimum atomic E-state index is -0.669. The maximum atomic E-state index is 12.5. The SMILES string of the molecule is COc1ccc(CC2CCC[C@H](NC(=O)OC(C)(C)C)C(=O)OC(C)C2)cc1. The fraction of sp³-hybridized carbons (Fsp3) is 0.636. The lowest BCUT2D eigenvalue weighted by atomic mass is 9.89. The zero-order valence-corrected chi connectivity index (χ0v) is 17.6. The molecule has 0 bridgehead atoms. The summed E-state index contributed by atoms with van der Waals surface area (Å²) in [7, 11) is 1.66. The normalized spacial score (nSPS) is 23.6. The molecule has 0 aliphatic carbocycles. The average Bonchev–Trinajstić information content (AvgIpc) is 2.64. The predicted molar refractivity (Wildman–Crippen MR) is 107 cm³/mol. The molecule has 28 heavy (non-hydrogen) atoms. The number of alkyl carbamates (subject to hydrolysis) is 1. The van der Waals surface area contributed by atoms with E-state index in [1.165, 1.54) is 5.56 Å². The van der Waals surface area contributed by atoms with Crippen LogP contribution in [0.5, 0.6) is 5.75 Å². The maximum absolute atomic E-state index is 12.5. The van der Waals surface area contributed by atoms with Gasteiger partial charge in [0.25, 0.3) is 0 Å². The van der Waals surface area contributed by atoms with Gasteiger partial charge in [0.1, 0.15) is 17.4 Å². The van der Waals surface area contributed by atoms with Crippen LogP contribution in [-0.2, 0) is 20.7 Å². The Morgan fingerprint density at radius 2 is 1.89 bits per heavy atom. The Balaban J connectivity index is 1.96. The number of carbonyl (C=O) groups excluding carboxylic acids is 2. The molecule has 1 saturated heterocycles. The van der Waals surface area contributed by atoms with E-state index < -0.39 is 17.7 Å². The monoisotopic (exact) mass is 391 g/mol. The lowest BCUT2D eigenvalue weighted by Gasteiger charge is -2.23. The van der Waals surface area contributed by atoms with Crippen LogP contribution < -0.4 is 10.1 Å². The van der Waals surface area contributed by atoms with Crippen LogP contribution in [0.3, 0.4) is 0 Å². The third kappa shape index (κ3) is 7.41. The molecule has 156 valence electrons. The Bertz CT molecular complexity index is 650. The van der Waals surface area contributed by atoms with Gasteiger partial charge >= 0.3 is 12.1 Å². The van der Waals surface area contributed by atoms with E-state index in [9.17, 15) is 9.59 Å². The third-order valence-electron chi connectivity index (χ3n) is 4.75. The highest BCUT2D eigenvalue weighted by Gasteiger charge is 2.29. The van der Waals surface area contributed by atoms with Crippen molar-refractivity contribution in [3.63, 3.8) is 0 Å². The van der Waals surface area contributed by atoms with Crippen molar-refractivity contribution in [3.05, 3.63) is 29.8 Å². The predicted octanol–water partition coefficient (Wildman–Crippen LogP) is 4.25. The van der Waals surface area contributed by atoms with Gasteiger partial charge < -0.3 is 19.5 Å². The number of esters is 1. The number of methoxy groups -OCH3 is 1. The molecule has 0 saturated carbocycles. The number of benzene rings is 1. The summed E-state index contributed by atoms with van der Waals surface area (Å²) in [5, 5.41) is 2.67. The van der Waals surface area contributed by atoms with Crippen LogP contribution in [0.15, 0.2) is 24.3 Å². The zero-order chi connectivity index (χ0) is 20.7. The van der Waals surface area contributed by atoms with E-state index in [2.05, 4.69) is 17.4 Å². The Morgan fingerprint density at radius 1 is 1.21 bits per heavy atom. The van der Waals surface area contributed by atoms with Gasteiger partial charge in [0.2, 0.25) is 0 Å². The molecule has 2 rings (SSSR count). The molecule has 3 atom stereocenters. The second-order valence-corrected chi connectivity index (χ2v) is 8.53. The highest BCUT2D eigenvalue weighted by molar-refractivity contribution is 5.81. The van der Waals surface area contributed by atoms with Gasteiger partial charge in [-0.15, -0.1) is 0 Å². The van der Waals surface area contributed by atoms with Gasteiger partial charge in [-0.05, 0) is 77.0 Å². The van der Waals surface area contributed by atoms with Crippen molar-refractivity contribution in [2.24, 2.45) is 5.92 Å². The fourth-order valence-electron chi connectivity index (χ4n) is 3.51. The summed E-state index contributed by atoms with van der Waals surface area (Å²) in [6.07, 6.45) is 3.30. The summed E-state index contributed by atoms with van der Waals surface area (Å²) in [5.74, 6) is 0.872. The van der Waals surface area contributed by atoms with Gasteiger partial charge in [-0.3, -0.25) is 0 Å². The van der Waals surface area contributed by atoms with Crippen molar-refractivity contribution in [1.29, 1.82) is 0 Å². The number of carbonyl (C=O) groups is 2. The molecular formula is C22H33NO5. The van der Waals surface area contributed by atoms with Crippen LogP contribution in [0.1, 0.15) is 58.9 Å². The van der Waals surface area contributed by atoms with Gasteiger partial charge in [-0.2, -0.15) is 0 Å². The summed E-state index contributed by atoms with van der Waals surface area (Å²) < 4.78 is 16.1. The second-order valence-electron chi connectivity index (χ2n) is 8.53. The summed E-state index contributed by atoms with van der Waals surface area (Å²) >= 11 is 0. The number of nitrogens with one attached hydrogen (secondary N) is 1. The molecule has 1 aliphatic rings. The molecule has 1 fully saturated rings. The number of hydrogen-bond acceptors (Lipinski definition) is 5. The highest BCUT2D eigenvalue weighted by Crippen LogP contribution is 2.25. The van der Waals surface area contributed by atoms with Crippen molar-refractivity contribution in [2.75, 3.05) is 7.11 Å². The van der Waals surface area contributed by atoms with E-state index >= 15 is 0 Å². The van der Waals surface area contributed by atoms with Crippen LogP contribution in [0.25, 0.3) is 0 Å². The van der Waals surface area contributed by atoms with Crippen LogP contribution in [-0.4, -0.2) is 36.9 Å². The smallest absolute Gasteiger partial charge is 0.408 e. The van der Waals surface area contributed by atoms with E-state index in [1.54, 1.807) is 27.9 Å². The van der Waals surface area contributed by atoms with Crippen molar-refractivity contribution in [1.82, 2.24) is 5.32 Å². The molecule has 0 radical (unpaired) electrons. The Labute approximate surface area is 167 Å². The number of cyclic esters (lactones) is 1. The Morgan fingerprint density at radius 3 is 2.50 bits per heavy atom. The molecule has 1 heterocycles. The number of amides is 1. The van der Waals surface area contributed by atoms with Crippen LogP contribution in [0, 0.1) is 5.92 Å². The summed E-state index contributed by atoms with van der Waals surface area (Å²) in [5.41, 5.74) is 0.635. The molecular weight excluding hydrogens is 358 g/mol. The minimum Gasteiger partial charge on any atom is -0.497 e. The third-order valence-corrected chi connectivity index (χ3v) is 4.75. The van der Waals surface area contributed by atoms with E-state index in [1.807, 2.05) is 19.1 Å². The molecule has 2 unspecified atom stereocenters. The number of rotatable bonds is 4. The molecule has 1 aliphatic heterocycles. The van der Waals surface area contributed by atoms with E-state index in [0.29, 0.717) is 12.3 Å². The number of hydrogen-bond donors (Lipinski definition) is 1. The molecule has 6 heteroatoms. The summed E-state index contributed by atoms with van der Waals surface area (Å²) in [6.45, 7) is 7.29.